The minimum atomic E-state index is 0.366. The maximum absolute atomic E-state index is 9.26. The molecule has 3 rings (SSSR count). The summed E-state index contributed by atoms with van der Waals surface area (Å²) in [4.78, 5) is 6.42. The lowest BCUT2D eigenvalue weighted by Crippen LogP contribution is -2.43. The molecule has 2 heterocycles. The minimum Gasteiger partial charge on any atom is -0.419 e. The van der Waals surface area contributed by atoms with Gasteiger partial charge >= 0.3 is 0 Å². The smallest absolute Gasteiger partial charge is 0.235 e. The summed E-state index contributed by atoms with van der Waals surface area (Å²) in [6.45, 7) is 5.46. The van der Waals surface area contributed by atoms with E-state index in [1.54, 1.807) is 0 Å². The summed E-state index contributed by atoms with van der Waals surface area (Å²) in [5.41, 5.74) is 2.39. The molecule has 0 bridgehead atoms. The van der Waals surface area contributed by atoms with E-state index in [1.807, 2.05) is 31.2 Å². The SMILES string of the molecule is Cc1ccccc1-c1nc(C#N)c(N2CCNCC2)o1. The molecule has 1 aliphatic rings. The van der Waals surface area contributed by atoms with Crippen LogP contribution in [0.2, 0.25) is 0 Å². The predicted molar refractivity (Wildman–Crippen MR) is 76.5 cm³/mol. The number of aryl methyl sites for hydroxylation is 1. The normalized spacial score (nSPS) is 15.1. The second-order valence-electron chi connectivity index (χ2n) is 4.84. The molecule has 5 nitrogen and oxygen atoms in total. The molecule has 0 spiro atoms. The number of hydrogen-bond donors (Lipinski definition) is 1. The number of rotatable bonds is 2. The van der Waals surface area contributed by atoms with Crippen molar-refractivity contribution in [3.8, 4) is 17.5 Å². The van der Waals surface area contributed by atoms with Gasteiger partial charge in [0.15, 0.2) is 0 Å². The van der Waals surface area contributed by atoms with Crippen molar-refractivity contribution in [1.82, 2.24) is 10.3 Å². The Balaban J connectivity index is 2.01. The molecule has 5 heteroatoms. The Morgan fingerprint density at radius 3 is 2.75 bits per heavy atom. The summed E-state index contributed by atoms with van der Waals surface area (Å²) in [6.07, 6.45) is 0. The van der Waals surface area contributed by atoms with Crippen LogP contribution < -0.4 is 10.2 Å². The quantitative estimate of drug-likeness (QED) is 0.901. The molecule has 0 radical (unpaired) electrons. The summed E-state index contributed by atoms with van der Waals surface area (Å²) in [5, 5.41) is 12.5. The van der Waals surface area contributed by atoms with Gasteiger partial charge in [-0.25, -0.2) is 0 Å². The highest BCUT2D eigenvalue weighted by molar-refractivity contribution is 5.62. The molecule has 102 valence electrons. The van der Waals surface area contributed by atoms with Crippen LogP contribution in [-0.4, -0.2) is 31.2 Å². The van der Waals surface area contributed by atoms with Gasteiger partial charge in [0.1, 0.15) is 6.07 Å². The first-order valence-electron chi connectivity index (χ1n) is 6.72. The zero-order valence-electron chi connectivity index (χ0n) is 11.4. The number of piperazine rings is 1. The van der Waals surface area contributed by atoms with E-state index in [-0.39, 0.29) is 0 Å². The highest BCUT2D eigenvalue weighted by Gasteiger charge is 2.22. The first-order chi connectivity index (χ1) is 9.79. The van der Waals surface area contributed by atoms with Crippen molar-refractivity contribution in [2.24, 2.45) is 0 Å². The topological polar surface area (TPSA) is 65.1 Å². The molecule has 1 aliphatic heterocycles. The number of anilines is 1. The molecule has 2 aromatic rings. The molecular weight excluding hydrogens is 252 g/mol. The average molecular weight is 268 g/mol. The second kappa shape index (κ2) is 5.35. The van der Waals surface area contributed by atoms with E-state index >= 15 is 0 Å². The van der Waals surface area contributed by atoms with Crippen LogP contribution in [0.3, 0.4) is 0 Å². The van der Waals surface area contributed by atoms with Crippen molar-refractivity contribution in [3.63, 3.8) is 0 Å². The van der Waals surface area contributed by atoms with E-state index in [4.69, 9.17) is 4.42 Å². The van der Waals surface area contributed by atoms with Crippen LogP contribution in [0.4, 0.5) is 5.88 Å². The Morgan fingerprint density at radius 1 is 1.30 bits per heavy atom. The molecule has 0 aliphatic carbocycles. The number of benzene rings is 1. The lowest BCUT2D eigenvalue weighted by Gasteiger charge is -2.26. The molecule has 1 saturated heterocycles. The van der Waals surface area contributed by atoms with E-state index in [9.17, 15) is 5.26 Å². The summed E-state index contributed by atoms with van der Waals surface area (Å²) in [5.74, 6) is 1.11. The van der Waals surface area contributed by atoms with Crippen molar-refractivity contribution >= 4 is 5.88 Å². The van der Waals surface area contributed by atoms with Crippen molar-refractivity contribution in [2.45, 2.75) is 6.92 Å². The fraction of sp³-hybridized carbons (Fsp3) is 0.333. The lowest BCUT2D eigenvalue weighted by molar-refractivity contribution is 0.511. The third-order valence-corrected chi connectivity index (χ3v) is 3.49. The van der Waals surface area contributed by atoms with Gasteiger partial charge in [0.2, 0.25) is 17.5 Å². The maximum atomic E-state index is 9.26. The second-order valence-corrected chi connectivity index (χ2v) is 4.84. The predicted octanol–water partition coefficient (Wildman–Crippen LogP) is 1.93. The van der Waals surface area contributed by atoms with Gasteiger partial charge in [0.05, 0.1) is 0 Å². The van der Waals surface area contributed by atoms with E-state index in [1.165, 1.54) is 0 Å². The van der Waals surface area contributed by atoms with E-state index in [0.29, 0.717) is 17.5 Å². The molecule has 1 aromatic heterocycles. The Morgan fingerprint density at radius 2 is 2.05 bits per heavy atom. The van der Waals surface area contributed by atoms with Crippen LogP contribution in [0.25, 0.3) is 11.5 Å². The third kappa shape index (κ3) is 2.26. The summed E-state index contributed by atoms with van der Waals surface area (Å²) in [6, 6.07) is 10.0. The Kier molecular flexibility index (Phi) is 3.40. The van der Waals surface area contributed by atoms with Crippen molar-refractivity contribution < 1.29 is 4.42 Å². The van der Waals surface area contributed by atoms with Gasteiger partial charge in [-0.05, 0) is 18.6 Å². The Labute approximate surface area is 117 Å². The van der Waals surface area contributed by atoms with Crippen molar-refractivity contribution in [3.05, 3.63) is 35.5 Å². The number of nitrogens with one attached hydrogen (secondary N) is 1. The van der Waals surface area contributed by atoms with E-state index in [2.05, 4.69) is 21.3 Å². The first kappa shape index (κ1) is 12.7. The van der Waals surface area contributed by atoms with Gasteiger partial charge in [0, 0.05) is 31.7 Å². The van der Waals surface area contributed by atoms with Gasteiger partial charge < -0.3 is 14.6 Å². The van der Waals surface area contributed by atoms with Crippen LogP contribution in [0.15, 0.2) is 28.7 Å². The van der Waals surface area contributed by atoms with E-state index in [0.717, 1.165) is 37.3 Å². The number of hydrogen-bond acceptors (Lipinski definition) is 5. The molecule has 20 heavy (non-hydrogen) atoms. The van der Waals surface area contributed by atoms with Gasteiger partial charge in [-0.1, -0.05) is 18.2 Å². The molecule has 0 unspecified atom stereocenters. The molecular formula is C15H16N4O. The van der Waals surface area contributed by atoms with E-state index < -0.39 is 0 Å². The number of oxazole rings is 1. The van der Waals surface area contributed by atoms with Gasteiger partial charge in [-0.15, -0.1) is 0 Å². The highest BCUT2D eigenvalue weighted by atomic mass is 16.4. The minimum absolute atomic E-state index is 0.366. The van der Waals surface area contributed by atoms with Gasteiger partial charge in [-0.3, -0.25) is 0 Å². The molecule has 0 atom stereocenters. The molecule has 0 saturated carbocycles. The monoisotopic (exact) mass is 268 g/mol. The molecule has 1 fully saturated rings. The fourth-order valence-electron chi connectivity index (χ4n) is 2.40. The Hall–Kier alpha value is -2.32. The van der Waals surface area contributed by atoms with Gasteiger partial charge in [-0.2, -0.15) is 10.2 Å². The molecule has 0 amide bonds. The maximum Gasteiger partial charge on any atom is 0.235 e. The zero-order valence-corrected chi connectivity index (χ0v) is 11.4. The summed E-state index contributed by atoms with van der Waals surface area (Å²) in [7, 11) is 0. The average Bonchev–Trinajstić information content (AvgIpc) is 2.92. The van der Waals surface area contributed by atoms with Crippen LogP contribution in [0, 0.1) is 18.3 Å². The van der Waals surface area contributed by atoms with Crippen LogP contribution in [0.5, 0.6) is 0 Å². The largest absolute Gasteiger partial charge is 0.419 e. The molecule has 1 N–H and O–H groups in total. The molecule has 1 aromatic carbocycles. The van der Waals surface area contributed by atoms with Crippen molar-refractivity contribution in [1.29, 1.82) is 5.26 Å². The van der Waals surface area contributed by atoms with Crippen molar-refractivity contribution in [2.75, 3.05) is 31.1 Å². The third-order valence-electron chi connectivity index (χ3n) is 3.49. The zero-order chi connectivity index (χ0) is 13.9. The van der Waals surface area contributed by atoms with Crippen LogP contribution in [-0.2, 0) is 0 Å². The van der Waals surface area contributed by atoms with Gasteiger partial charge in [0.25, 0.3) is 0 Å². The first-order valence-corrected chi connectivity index (χ1v) is 6.72. The number of aromatic nitrogens is 1. The number of nitrogens with zero attached hydrogens (tertiary/aromatic N) is 3. The van der Waals surface area contributed by atoms with Crippen LogP contribution >= 0.6 is 0 Å². The summed E-state index contributed by atoms with van der Waals surface area (Å²) < 4.78 is 5.88. The van der Waals surface area contributed by atoms with Crippen LogP contribution in [0.1, 0.15) is 11.3 Å². The lowest BCUT2D eigenvalue weighted by atomic mass is 10.1. The standard InChI is InChI=1S/C15H16N4O/c1-11-4-2-3-5-12(11)14-18-13(10-16)15(20-14)19-8-6-17-7-9-19/h2-5,17H,6-9H2,1H3. The highest BCUT2D eigenvalue weighted by Crippen LogP contribution is 2.29. The number of nitriles is 1. The Bertz CT molecular complexity index is 650. The fourth-order valence-corrected chi connectivity index (χ4v) is 2.40. The summed E-state index contributed by atoms with van der Waals surface area (Å²) >= 11 is 0.